The highest BCUT2D eigenvalue weighted by atomic mass is 16.6. The molecule has 0 aromatic heterocycles. The molecule has 6 nitrogen and oxygen atoms in total. The number of carbonyl (C=O) groups excluding carboxylic acids is 2. The van der Waals surface area contributed by atoms with Gasteiger partial charge in [-0.05, 0) is 13.8 Å². The maximum absolute atomic E-state index is 11.6. The number of amides is 1. The van der Waals surface area contributed by atoms with Crippen LogP contribution in [0.25, 0.3) is 0 Å². The third kappa shape index (κ3) is 4.09. The second kappa shape index (κ2) is 7.33. The van der Waals surface area contributed by atoms with Gasteiger partial charge in [0.15, 0.2) is 0 Å². The van der Waals surface area contributed by atoms with Gasteiger partial charge in [-0.15, -0.1) is 0 Å². The van der Waals surface area contributed by atoms with Crippen molar-refractivity contribution < 1.29 is 19.1 Å². The average molecular weight is 272 g/mol. The molecule has 0 aromatic rings. The maximum Gasteiger partial charge on any atom is 0.409 e. The number of carbonyl (C=O) groups is 2. The van der Waals surface area contributed by atoms with Gasteiger partial charge in [0.25, 0.3) is 0 Å². The molecule has 1 aliphatic rings. The number of ether oxygens (including phenoxy) is 2. The molecule has 2 atom stereocenters. The molecule has 6 heteroatoms. The Morgan fingerprint density at radius 1 is 1.16 bits per heavy atom. The highest BCUT2D eigenvalue weighted by Crippen LogP contribution is 2.15. The Morgan fingerprint density at radius 2 is 1.74 bits per heavy atom. The van der Waals surface area contributed by atoms with Gasteiger partial charge in [-0.25, -0.2) is 4.79 Å². The molecule has 0 N–H and O–H groups in total. The van der Waals surface area contributed by atoms with Crippen LogP contribution >= 0.6 is 0 Å². The number of piperazine rings is 1. The fourth-order valence-corrected chi connectivity index (χ4v) is 2.23. The van der Waals surface area contributed by atoms with Gasteiger partial charge in [-0.1, -0.05) is 6.92 Å². The van der Waals surface area contributed by atoms with E-state index in [4.69, 9.17) is 9.47 Å². The molecule has 1 rings (SSSR count). The summed E-state index contributed by atoms with van der Waals surface area (Å²) in [5.41, 5.74) is 0. The molecule has 0 radical (unpaired) electrons. The van der Waals surface area contributed by atoms with Crippen molar-refractivity contribution in [3.8, 4) is 0 Å². The summed E-state index contributed by atoms with van der Waals surface area (Å²) in [5.74, 6) is -0.362. The maximum atomic E-state index is 11.6. The van der Waals surface area contributed by atoms with Gasteiger partial charge in [0.05, 0.1) is 19.6 Å². The van der Waals surface area contributed by atoms with Crippen molar-refractivity contribution in [2.24, 2.45) is 5.92 Å². The van der Waals surface area contributed by atoms with Gasteiger partial charge in [-0.2, -0.15) is 0 Å². The molecule has 1 heterocycles. The molecule has 1 amide bonds. The smallest absolute Gasteiger partial charge is 0.409 e. The molecular weight excluding hydrogens is 248 g/mol. The van der Waals surface area contributed by atoms with E-state index in [1.807, 2.05) is 13.8 Å². The number of methoxy groups -OCH3 is 1. The zero-order chi connectivity index (χ0) is 14.4. The van der Waals surface area contributed by atoms with Gasteiger partial charge in [0.2, 0.25) is 0 Å². The monoisotopic (exact) mass is 272 g/mol. The van der Waals surface area contributed by atoms with Crippen molar-refractivity contribution in [1.29, 1.82) is 0 Å². The van der Waals surface area contributed by atoms with E-state index >= 15 is 0 Å². The number of esters is 1. The molecule has 110 valence electrons. The Balaban J connectivity index is 2.45. The van der Waals surface area contributed by atoms with Crippen molar-refractivity contribution in [3.05, 3.63) is 0 Å². The van der Waals surface area contributed by atoms with Crippen LogP contribution in [-0.2, 0) is 14.3 Å². The largest absolute Gasteiger partial charge is 0.469 e. The Hall–Kier alpha value is -1.30. The second-order valence-electron chi connectivity index (χ2n) is 4.77. The highest BCUT2D eigenvalue weighted by Gasteiger charge is 2.30. The first-order valence-corrected chi connectivity index (χ1v) is 6.74. The first kappa shape index (κ1) is 15.8. The van der Waals surface area contributed by atoms with E-state index < -0.39 is 0 Å². The summed E-state index contributed by atoms with van der Waals surface area (Å²) in [4.78, 5) is 27.0. The quantitative estimate of drug-likeness (QED) is 0.713. The van der Waals surface area contributed by atoms with Crippen LogP contribution in [0.4, 0.5) is 4.79 Å². The van der Waals surface area contributed by atoms with Gasteiger partial charge in [-0.3, -0.25) is 9.69 Å². The lowest BCUT2D eigenvalue weighted by molar-refractivity contribution is -0.147. The zero-order valence-electron chi connectivity index (χ0n) is 12.2. The molecule has 19 heavy (non-hydrogen) atoms. The molecule has 0 bridgehead atoms. The average Bonchev–Trinajstić information content (AvgIpc) is 2.45. The fraction of sp³-hybridized carbons (Fsp3) is 0.846. The van der Waals surface area contributed by atoms with Crippen LogP contribution in [0.2, 0.25) is 0 Å². The minimum Gasteiger partial charge on any atom is -0.469 e. The van der Waals surface area contributed by atoms with Crippen molar-refractivity contribution in [1.82, 2.24) is 9.80 Å². The zero-order valence-corrected chi connectivity index (χ0v) is 12.2. The predicted octanol–water partition coefficient (Wildman–Crippen LogP) is 0.958. The SMILES string of the molecule is CCOC(=O)N1CCN(C(C)C(C)C(=O)OC)CC1. The Bertz CT molecular complexity index is 314. The van der Waals surface area contributed by atoms with Crippen LogP contribution in [0.1, 0.15) is 20.8 Å². The van der Waals surface area contributed by atoms with E-state index in [0.717, 1.165) is 13.1 Å². The Morgan fingerprint density at radius 3 is 2.21 bits per heavy atom. The molecule has 0 saturated carbocycles. The van der Waals surface area contributed by atoms with Crippen LogP contribution in [0.5, 0.6) is 0 Å². The van der Waals surface area contributed by atoms with E-state index in [9.17, 15) is 9.59 Å². The topological polar surface area (TPSA) is 59.1 Å². The molecule has 1 saturated heterocycles. The van der Waals surface area contributed by atoms with E-state index in [0.29, 0.717) is 19.7 Å². The molecule has 2 unspecified atom stereocenters. The standard InChI is InChI=1S/C13H24N2O4/c1-5-19-13(17)15-8-6-14(7-9-15)11(3)10(2)12(16)18-4/h10-11H,5-9H2,1-4H3. The third-order valence-corrected chi connectivity index (χ3v) is 3.71. The summed E-state index contributed by atoms with van der Waals surface area (Å²) in [6.45, 7) is 8.86. The van der Waals surface area contributed by atoms with E-state index in [2.05, 4.69) is 4.90 Å². The van der Waals surface area contributed by atoms with Crippen molar-refractivity contribution in [3.63, 3.8) is 0 Å². The van der Waals surface area contributed by atoms with E-state index in [-0.39, 0.29) is 24.0 Å². The number of nitrogens with zero attached hydrogens (tertiary/aromatic N) is 2. The molecule has 0 aromatic carbocycles. The third-order valence-electron chi connectivity index (χ3n) is 3.71. The molecule has 0 spiro atoms. The Labute approximate surface area is 114 Å². The molecular formula is C13H24N2O4. The fourth-order valence-electron chi connectivity index (χ4n) is 2.23. The molecule has 1 aliphatic heterocycles. The van der Waals surface area contributed by atoms with E-state index in [1.165, 1.54) is 7.11 Å². The Kier molecular flexibility index (Phi) is 6.08. The van der Waals surface area contributed by atoms with Crippen molar-refractivity contribution in [2.75, 3.05) is 39.9 Å². The second-order valence-corrected chi connectivity index (χ2v) is 4.77. The van der Waals surface area contributed by atoms with Gasteiger partial charge in [0, 0.05) is 32.2 Å². The highest BCUT2D eigenvalue weighted by molar-refractivity contribution is 5.72. The van der Waals surface area contributed by atoms with E-state index in [1.54, 1.807) is 11.8 Å². The van der Waals surface area contributed by atoms with Gasteiger partial charge < -0.3 is 14.4 Å². The summed E-state index contributed by atoms with van der Waals surface area (Å²) < 4.78 is 9.74. The molecule has 0 aliphatic carbocycles. The summed E-state index contributed by atoms with van der Waals surface area (Å²) in [6, 6.07) is 0.108. The minimum absolute atomic E-state index is 0.108. The summed E-state index contributed by atoms with van der Waals surface area (Å²) in [7, 11) is 1.41. The number of rotatable bonds is 4. The minimum atomic E-state index is -0.254. The lowest BCUT2D eigenvalue weighted by atomic mass is 10.0. The van der Waals surface area contributed by atoms with Crippen LogP contribution in [-0.4, -0.2) is 67.8 Å². The van der Waals surface area contributed by atoms with Gasteiger partial charge >= 0.3 is 12.1 Å². The van der Waals surface area contributed by atoms with Crippen LogP contribution in [0.15, 0.2) is 0 Å². The normalized spacial score (nSPS) is 19.7. The number of hydrogen-bond acceptors (Lipinski definition) is 5. The lowest BCUT2D eigenvalue weighted by Gasteiger charge is -2.38. The number of hydrogen-bond donors (Lipinski definition) is 0. The first-order valence-electron chi connectivity index (χ1n) is 6.74. The summed E-state index contributed by atoms with van der Waals surface area (Å²) in [6.07, 6.45) is -0.254. The summed E-state index contributed by atoms with van der Waals surface area (Å²) in [5, 5.41) is 0. The molecule has 1 fully saturated rings. The van der Waals surface area contributed by atoms with Crippen LogP contribution in [0.3, 0.4) is 0 Å². The van der Waals surface area contributed by atoms with Crippen molar-refractivity contribution >= 4 is 12.1 Å². The van der Waals surface area contributed by atoms with Crippen LogP contribution in [0, 0.1) is 5.92 Å². The van der Waals surface area contributed by atoms with Gasteiger partial charge in [0.1, 0.15) is 0 Å². The predicted molar refractivity (Wildman–Crippen MR) is 70.8 cm³/mol. The lowest BCUT2D eigenvalue weighted by Crippen LogP contribution is -2.53. The van der Waals surface area contributed by atoms with Crippen LogP contribution < -0.4 is 0 Å². The van der Waals surface area contributed by atoms with Crippen molar-refractivity contribution in [2.45, 2.75) is 26.8 Å². The summed E-state index contributed by atoms with van der Waals surface area (Å²) >= 11 is 0. The first-order chi connectivity index (χ1) is 9.01.